The number of halogens is 1. The number of benzene rings is 2. The molecule has 2 aromatic carbocycles. The molecule has 1 aliphatic rings. The van der Waals surface area contributed by atoms with Crippen LogP contribution in [-0.4, -0.2) is 25.7 Å². The zero-order valence-electron chi connectivity index (χ0n) is 16.9. The zero-order valence-corrected chi connectivity index (χ0v) is 16.9. The van der Waals surface area contributed by atoms with Crippen molar-refractivity contribution >= 4 is 16.9 Å². The standard InChI is InChI=1S/C24H26FNO3/c1-16-3-8-21-18(14-29-23(21)17(16)2)13-22(27)26-15-24(9-11-28-12-10-24)19-4-6-20(25)7-5-19/h3-8,14H,9-13,15H2,1-2H3,(H,26,27). The van der Waals surface area contributed by atoms with Crippen LogP contribution in [-0.2, 0) is 21.4 Å². The van der Waals surface area contributed by atoms with Crippen LogP contribution in [0, 0.1) is 19.7 Å². The number of carbonyl (C=O) groups excluding carboxylic acids is 1. The van der Waals surface area contributed by atoms with Crippen LogP contribution >= 0.6 is 0 Å². The summed E-state index contributed by atoms with van der Waals surface area (Å²) in [6.45, 7) is 5.86. The van der Waals surface area contributed by atoms with Crippen LogP contribution in [0.3, 0.4) is 0 Å². The second kappa shape index (κ2) is 7.99. The average Bonchev–Trinajstić information content (AvgIpc) is 3.14. The van der Waals surface area contributed by atoms with Gasteiger partial charge in [0, 0.05) is 36.1 Å². The van der Waals surface area contributed by atoms with Gasteiger partial charge in [-0.05, 0) is 55.5 Å². The summed E-state index contributed by atoms with van der Waals surface area (Å²) in [7, 11) is 0. The third-order valence-electron chi connectivity index (χ3n) is 6.22. The lowest BCUT2D eigenvalue weighted by molar-refractivity contribution is -0.120. The Morgan fingerprint density at radius 1 is 1.10 bits per heavy atom. The number of aryl methyl sites for hydroxylation is 2. The molecule has 4 rings (SSSR count). The summed E-state index contributed by atoms with van der Waals surface area (Å²) in [5.41, 5.74) is 4.83. The van der Waals surface area contributed by atoms with Gasteiger partial charge in [0.1, 0.15) is 11.4 Å². The number of rotatable bonds is 5. The van der Waals surface area contributed by atoms with Crippen molar-refractivity contribution in [3.05, 3.63) is 70.7 Å². The van der Waals surface area contributed by atoms with Crippen molar-refractivity contribution in [2.24, 2.45) is 0 Å². The van der Waals surface area contributed by atoms with Gasteiger partial charge in [-0.1, -0.05) is 24.3 Å². The third kappa shape index (κ3) is 3.92. The highest BCUT2D eigenvalue weighted by Crippen LogP contribution is 2.34. The Hall–Kier alpha value is -2.66. The summed E-state index contributed by atoms with van der Waals surface area (Å²) in [4.78, 5) is 12.7. The van der Waals surface area contributed by atoms with Crippen LogP contribution in [0.2, 0.25) is 0 Å². The van der Waals surface area contributed by atoms with Crippen LogP contribution in [0.4, 0.5) is 4.39 Å². The van der Waals surface area contributed by atoms with Crippen LogP contribution in [0.1, 0.15) is 35.1 Å². The molecule has 0 saturated carbocycles. The van der Waals surface area contributed by atoms with Crippen LogP contribution in [0.25, 0.3) is 11.0 Å². The van der Waals surface area contributed by atoms with Crippen molar-refractivity contribution in [1.82, 2.24) is 5.32 Å². The van der Waals surface area contributed by atoms with Gasteiger partial charge in [-0.2, -0.15) is 0 Å². The van der Waals surface area contributed by atoms with E-state index in [1.807, 2.05) is 32.0 Å². The van der Waals surface area contributed by atoms with E-state index in [-0.39, 0.29) is 23.6 Å². The summed E-state index contributed by atoms with van der Waals surface area (Å²) in [6, 6.07) is 10.7. The minimum Gasteiger partial charge on any atom is -0.464 e. The molecule has 1 N–H and O–H groups in total. The molecule has 0 spiro atoms. The third-order valence-corrected chi connectivity index (χ3v) is 6.22. The second-order valence-corrected chi connectivity index (χ2v) is 8.00. The van der Waals surface area contributed by atoms with E-state index in [1.165, 1.54) is 17.7 Å². The lowest BCUT2D eigenvalue weighted by atomic mass is 9.74. The Labute approximate surface area is 170 Å². The lowest BCUT2D eigenvalue weighted by Gasteiger charge is -2.38. The fourth-order valence-electron chi connectivity index (χ4n) is 4.16. The maximum absolute atomic E-state index is 13.4. The molecule has 3 aromatic rings. The highest BCUT2D eigenvalue weighted by Gasteiger charge is 2.35. The number of ether oxygens (including phenoxy) is 1. The fraction of sp³-hybridized carbons (Fsp3) is 0.375. The lowest BCUT2D eigenvalue weighted by Crippen LogP contribution is -2.45. The highest BCUT2D eigenvalue weighted by atomic mass is 19.1. The molecule has 0 aliphatic carbocycles. The number of furan rings is 1. The van der Waals surface area contributed by atoms with Gasteiger partial charge < -0.3 is 14.5 Å². The van der Waals surface area contributed by atoms with Crippen molar-refractivity contribution in [3.8, 4) is 0 Å². The van der Waals surface area contributed by atoms with E-state index in [0.29, 0.717) is 19.8 Å². The van der Waals surface area contributed by atoms with Gasteiger partial charge in [0.2, 0.25) is 5.91 Å². The predicted octanol–water partition coefficient (Wildman–Crippen LogP) is 4.60. The van der Waals surface area contributed by atoms with Gasteiger partial charge in [-0.25, -0.2) is 4.39 Å². The highest BCUT2D eigenvalue weighted by molar-refractivity contribution is 5.89. The van der Waals surface area contributed by atoms with Crippen molar-refractivity contribution in [1.29, 1.82) is 0 Å². The quantitative estimate of drug-likeness (QED) is 0.687. The van der Waals surface area contributed by atoms with E-state index in [0.717, 1.165) is 40.5 Å². The molecule has 0 unspecified atom stereocenters. The van der Waals surface area contributed by atoms with E-state index >= 15 is 0 Å². The molecule has 1 fully saturated rings. The SMILES string of the molecule is Cc1ccc2c(CC(=O)NCC3(c4ccc(F)cc4)CCOCC3)coc2c1C. The predicted molar refractivity (Wildman–Crippen MR) is 111 cm³/mol. The van der Waals surface area contributed by atoms with Crippen molar-refractivity contribution < 1.29 is 18.3 Å². The van der Waals surface area contributed by atoms with Crippen LogP contribution in [0.15, 0.2) is 47.1 Å². The van der Waals surface area contributed by atoms with Gasteiger partial charge in [-0.3, -0.25) is 4.79 Å². The summed E-state index contributed by atoms with van der Waals surface area (Å²) in [5.74, 6) is -0.295. The first-order valence-corrected chi connectivity index (χ1v) is 10.1. The summed E-state index contributed by atoms with van der Waals surface area (Å²) < 4.78 is 24.6. The number of hydrogen-bond acceptors (Lipinski definition) is 3. The molecule has 152 valence electrons. The van der Waals surface area contributed by atoms with E-state index in [4.69, 9.17) is 9.15 Å². The minimum atomic E-state index is -0.252. The van der Waals surface area contributed by atoms with E-state index in [2.05, 4.69) is 11.4 Å². The number of amides is 1. The Bertz CT molecular complexity index is 1020. The first-order valence-electron chi connectivity index (χ1n) is 10.1. The topological polar surface area (TPSA) is 51.5 Å². The Morgan fingerprint density at radius 3 is 2.55 bits per heavy atom. The van der Waals surface area contributed by atoms with Gasteiger partial charge in [0.15, 0.2) is 0 Å². The van der Waals surface area contributed by atoms with Gasteiger partial charge >= 0.3 is 0 Å². The molecular formula is C24H26FNO3. The maximum Gasteiger partial charge on any atom is 0.224 e. The smallest absolute Gasteiger partial charge is 0.224 e. The Morgan fingerprint density at radius 2 is 1.83 bits per heavy atom. The molecule has 1 amide bonds. The second-order valence-electron chi connectivity index (χ2n) is 8.00. The van der Waals surface area contributed by atoms with Gasteiger partial charge in [0.05, 0.1) is 12.7 Å². The average molecular weight is 395 g/mol. The number of hydrogen-bond donors (Lipinski definition) is 1. The first-order chi connectivity index (χ1) is 14.0. The molecule has 5 heteroatoms. The largest absolute Gasteiger partial charge is 0.464 e. The van der Waals surface area contributed by atoms with E-state index in [9.17, 15) is 9.18 Å². The number of carbonyl (C=O) groups is 1. The molecule has 1 saturated heterocycles. The molecule has 4 nitrogen and oxygen atoms in total. The maximum atomic E-state index is 13.4. The summed E-state index contributed by atoms with van der Waals surface area (Å²) in [6.07, 6.45) is 3.55. The Kier molecular flexibility index (Phi) is 5.41. The molecule has 2 heterocycles. The van der Waals surface area contributed by atoms with E-state index in [1.54, 1.807) is 6.26 Å². The molecule has 1 aromatic heterocycles. The van der Waals surface area contributed by atoms with E-state index < -0.39 is 0 Å². The first kappa shape index (κ1) is 19.6. The molecule has 29 heavy (non-hydrogen) atoms. The zero-order chi connectivity index (χ0) is 20.4. The van der Waals surface area contributed by atoms with Crippen molar-refractivity contribution in [2.75, 3.05) is 19.8 Å². The van der Waals surface area contributed by atoms with Gasteiger partial charge in [0.25, 0.3) is 0 Å². The fourth-order valence-corrected chi connectivity index (χ4v) is 4.16. The van der Waals surface area contributed by atoms with Crippen molar-refractivity contribution in [3.63, 3.8) is 0 Å². The van der Waals surface area contributed by atoms with Gasteiger partial charge in [-0.15, -0.1) is 0 Å². The minimum absolute atomic E-state index is 0.0427. The molecule has 0 bridgehead atoms. The monoisotopic (exact) mass is 395 g/mol. The number of fused-ring (bicyclic) bond motifs is 1. The summed E-state index contributed by atoms with van der Waals surface area (Å²) in [5, 5.41) is 4.09. The summed E-state index contributed by atoms with van der Waals surface area (Å²) >= 11 is 0. The molecule has 0 atom stereocenters. The van der Waals surface area contributed by atoms with Crippen LogP contribution < -0.4 is 5.32 Å². The Balaban J connectivity index is 1.49. The van der Waals surface area contributed by atoms with Crippen molar-refractivity contribution in [2.45, 2.75) is 38.5 Å². The molecule has 1 aliphatic heterocycles. The number of nitrogens with one attached hydrogen (secondary N) is 1. The normalized spacial score (nSPS) is 16.1. The molecule has 0 radical (unpaired) electrons. The molecular weight excluding hydrogens is 369 g/mol. The van der Waals surface area contributed by atoms with Crippen LogP contribution in [0.5, 0.6) is 0 Å².